The van der Waals surface area contributed by atoms with Crippen molar-refractivity contribution in [3.8, 4) is 22.8 Å². The van der Waals surface area contributed by atoms with Crippen molar-refractivity contribution >= 4 is 11.7 Å². The molecule has 1 aliphatic rings. The fourth-order valence-electron chi connectivity index (χ4n) is 3.28. The first-order chi connectivity index (χ1) is 12.8. The summed E-state index contributed by atoms with van der Waals surface area (Å²) < 4.78 is 6.02. The Hall–Kier alpha value is -3.68. The number of aromatic nitrogens is 5. The summed E-state index contributed by atoms with van der Waals surface area (Å²) in [5, 5.41) is 16.9. The van der Waals surface area contributed by atoms with Crippen molar-refractivity contribution in [2.45, 2.75) is 12.3 Å². The van der Waals surface area contributed by atoms with Crippen molar-refractivity contribution < 1.29 is 9.21 Å². The smallest absolute Gasteiger partial charge is 0.226 e. The van der Waals surface area contributed by atoms with Crippen molar-refractivity contribution in [3.63, 3.8) is 0 Å². The lowest BCUT2D eigenvalue weighted by Crippen LogP contribution is -2.23. The van der Waals surface area contributed by atoms with Crippen LogP contribution in [0.5, 0.6) is 0 Å². The van der Waals surface area contributed by atoms with Crippen molar-refractivity contribution in [2.24, 2.45) is 0 Å². The molecule has 8 nitrogen and oxygen atoms in total. The molecule has 3 N–H and O–H groups in total. The SMILES string of the molecule is O=C1C[C@@H](c2ccc(-c3ccn[nH]3)o2)c2c(n[nH]c2-c2ccccn2)N1. The molecule has 5 rings (SSSR count). The monoisotopic (exact) mass is 346 g/mol. The highest BCUT2D eigenvalue weighted by atomic mass is 16.3. The van der Waals surface area contributed by atoms with Gasteiger partial charge in [-0.2, -0.15) is 10.2 Å². The average molecular weight is 346 g/mol. The number of nitrogens with zero attached hydrogens (tertiary/aromatic N) is 3. The minimum atomic E-state index is -0.244. The first-order valence-electron chi connectivity index (χ1n) is 8.18. The molecule has 0 aliphatic carbocycles. The number of carbonyl (C=O) groups excluding carboxylic acids is 1. The number of aromatic amines is 2. The molecule has 1 atom stereocenters. The quantitative estimate of drug-likeness (QED) is 0.528. The van der Waals surface area contributed by atoms with Crippen LogP contribution in [-0.4, -0.2) is 31.3 Å². The summed E-state index contributed by atoms with van der Waals surface area (Å²) in [7, 11) is 0. The van der Waals surface area contributed by atoms with Crippen molar-refractivity contribution in [1.29, 1.82) is 0 Å². The third-order valence-electron chi connectivity index (χ3n) is 4.46. The molecule has 0 saturated heterocycles. The summed E-state index contributed by atoms with van der Waals surface area (Å²) in [5.41, 5.74) is 3.22. The number of furan rings is 1. The maximum atomic E-state index is 12.2. The van der Waals surface area contributed by atoms with Crippen LogP contribution in [0.3, 0.4) is 0 Å². The van der Waals surface area contributed by atoms with Crippen molar-refractivity contribution in [1.82, 2.24) is 25.4 Å². The molecule has 0 spiro atoms. The van der Waals surface area contributed by atoms with Gasteiger partial charge in [0.15, 0.2) is 11.6 Å². The Morgan fingerprint density at radius 3 is 2.85 bits per heavy atom. The normalized spacial score (nSPS) is 16.3. The third-order valence-corrected chi connectivity index (χ3v) is 4.46. The number of anilines is 1. The summed E-state index contributed by atoms with van der Waals surface area (Å²) in [6.07, 6.45) is 3.67. The van der Waals surface area contributed by atoms with Gasteiger partial charge in [0.1, 0.15) is 11.5 Å². The number of hydrogen-bond donors (Lipinski definition) is 3. The zero-order valence-corrected chi connectivity index (χ0v) is 13.6. The molecule has 8 heteroatoms. The van der Waals surface area contributed by atoms with E-state index in [1.807, 2.05) is 36.4 Å². The van der Waals surface area contributed by atoms with E-state index in [0.717, 1.165) is 22.6 Å². The standard InChI is InChI=1S/C18H14N6O2/c25-15-9-10(13-4-5-14(26-13)11-6-8-20-22-11)16-17(23-24-18(16)21-15)12-3-1-2-7-19-12/h1-8,10H,9H2,(H,20,22)(H2,21,23,24,25)/t10-/m0/s1. The largest absolute Gasteiger partial charge is 0.459 e. The molecule has 0 radical (unpaired) electrons. The van der Waals surface area contributed by atoms with Gasteiger partial charge in [0.05, 0.1) is 17.3 Å². The van der Waals surface area contributed by atoms with E-state index in [-0.39, 0.29) is 18.2 Å². The zero-order valence-electron chi connectivity index (χ0n) is 13.6. The Balaban J connectivity index is 1.61. The van der Waals surface area contributed by atoms with Gasteiger partial charge in [-0.05, 0) is 30.3 Å². The van der Waals surface area contributed by atoms with Crippen molar-refractivity contribution in [3.05, 3.63) is 60.1 Å². The van der Waals surface area contributed by atoms with Crippen LogP contribution in [-0.2, 0) is 4.79 Å². The van der Waals surface area contributed by atoms with Gasteiger partial charge >= 0.3 is 0 Å². The minimum Gasteiger partial charge on any atom is -0.459 e. The van der Waals surface area contributed by atoms with E-state index in [0.29, 0.717) is 17.3 Å². The van der Waals surface area contributed by atoms with Crippen LogP contribution in [0.25, 0.3) is 22.8 Å². The van der Waals surface area contributed by atoms with Crippen LogP contribution in [0.2, 0.25) is 0 Å². The van der Waals surface area contributed by atoms with E-state index < -0.39 is 0 Å². The summed E-state index contributed by atoms with van der Waals surface area (Å²) >= 11 is 0. The number of amides is 1. The molecule has 0 aromatic carbocycles. The van der Waals surface area contributed by atoms with Gasteiger partial charge in [-0.1, -0.05) is 6.07 Å². The van der Waals surface area contributed by atoms with Crippen LogP contribution >= 0.6 is 0 Å². The highest BCUT2D eigenvalue weighted by Crippen LogP contribution is 2.42. The number of carbonyl (C=O) groups is 1. The molecular formula is C18H14N6O2. The number of rotatable bonds is 3. The molecule has 0 unspecified atom stereocenters. The lowest BCUT2D eigenvalue weighted by atomic mass is 9.89. The maximum Gasteiger partial charge on any atom is 0.226 e. The first kappa shape index (κ1) is 14.6. The number of hydrogen-bond acceptors (Lipinski definition) is 5. The highest BCUT2D eigenvalue weighted by molar-refractivity contribution is 5.95. The second-order valence-electron chi connectivity index (χ2n) is 6.05. The average Bonchev–Trinajstić information content (AvgIpc) is 3.41. The predicted molar refractivity (Wildman–Crippen MR) is 93.2 cm³/mol. The molecule has 0 bridgehead atoms. The molecule has 0 fully saturated rings. The van der Waals surface area contributed by atoms with Gasteiger partial charge in [-0.25, -0.2) is 0 Å². The summed E-state index contributed by atoms with van der Waals surface area (Å²) in [5.74, 6) is 1.55. The van der Waals surface area contributed by atoms with E-state index in [9.17, 15) is 4.79 Å². The van der Waals surface area contributed by atoms with Crippen LogP contribution < -0.4 is 5.32 Å². The van der Waals surface area contributed by atoms with Crippen LogP contribution in [0.4, 0.5) is 5.82 Å². The van der Waals surface area contributed by atoms with Gasteiger partial charge < -0.3 is 9.73 Å². The van der Waals surface area contributed by atoms with Gasteiger partial charge in [0.2, 0.25) is 5.91 Å². The summed E-state index contributed by atoms with van der Waals surface area (Å²) in [6.45, 7) is 0. The second-order valence-corrected chi connectivity index (χ2v) is 6.05. The molecule has 1 aliphatic heterocycles. The molecule has 128 valence electrons. The van der Waals surface area contributed by atoms with Crippen LogP contribution in [0, 0.1) is 0 Å². The topological polar surface area (TPSA) is 112 Å². The summed E-state index contributed by atoms with van der Waals surface area (Å²) in [4.78, 5) is 16.5. The summed E-state index contributed by atoms with van der Waals surface area (Å²) in [6, 6.07) is 11.3. The fraction of sp³-hybridized carbons (Fsp3) is 0.111. The Morgan fingerprint density at radius 2 is 2.04 bits per heavy atom. The lowest BCUT2D eigenvalue weighted by Gasteiger charge is -2.21. The molecule has 4 aromatic heterocycles. The molecule has 5 heterocycles. The minimum absolute atomic E-state index is 0.0962. The molecular weight excluding hydrogens is 332 g/mol. The Bertz CT molecular complexity index is 1060. The second kappa shape index (κ2) is 5.69. The van der Waals surface area contributed by atoms with E-state index in [2.05, 4.69) is 30.7 Å². The zero-order chi connectivity index (χ0) is 17.5. The molecule has 1 amide bonds. The van der Waals surface area contributed by atoms with E-state index >= 15 is 0 Å². The number of pyridine rings is 1. The molecule has 0 saturated carbocycles. The maximum absolute atomic E-state index is 12.2. The Morgan fingerprint density at radius 1 is 1.08 bits per heavy atom. The van der Waals surface area contributed by atoms with Crippen LogP contribution in [0.1, 0.15) is 23.7 Å². The Labute approximate surface area is 147 Å². The van der Waals surface area contributed by atoms with Gasteiger partial charge in [-0.15, -0.1) is 0 Å². The number of H-pyrrole nitrogens is 2. The van der Waals surface area contributed by atoms with E-state index in [1.54, 1.807) is 12.4 Å². The lowest BCUT2D eigenvalue weighted by molar-refractivity contribution is -0.116. The predicted octanol–water partition coefficient (Wildman–Crippen LogP) is 2.93. The number of nitrogens with one attached hydrogen (secondary N) is 3. The van der Waals surface area contributed by atoms with Gasteiger partial charge in [0.25, 0.3) is 0 Å². The fourth-order valence-corrected chi connectivity index (χ4v) is 3.28. The number of fused-ring (bicyclic) bond motifs is 1. The van der Waals surface area contributed by atoms with Gasteiger partial charge in [-0.3, -0.25) is 20.0 Å². The van der Waals surface area contributed by atoms with E-state index in [1.165, 1.54) is 0 Å². The van der Waals surface area contributed by atoms with Crippen LogP contribution in [0.15, 0.2) is 53.2 Å². The third kappa shape index (κ3) is 2.31. The van der Waals surface area contributed by atoms with E-state index in [4.69, 9.17) is 4.42 Å². The first-order valence-corrected chi connectivity index (χ1v) is 8.18. The highest BCUT2D eigenvalue weighted by Gasteiger charge is 2.34. The molecule has 4 aromatic rings. The van der Waals surface area contributed by atoms with Crippen molar-refractivity contribution in [2.75, 3.05) is 5.32 Å². The van der Waals surface area contributed by atoms with Gasteiger partial charge in [0, 0.05) is 24.4 Å². The molecule has 26 heavy (non-hydrogen) atoms. The Kier molecular flexibility index (Phi) is 3.21.